The van der Waals surface area contributed by atoms with E-state index < -0.39 is 10.0 Å². The van der Waals surface area contributed by atoms with Crippen molar-refractivity contribution in [3.63, 3.8) is 0 Å². The first kappa shape index (κ1) is 25.1. The highest BCUT2D eigenvalue weighted by Gasteiger charge is 2.27. The molecule has 1 heterocycles. The highest BCUT2D eigenvalue weighted by Crippen LogP contribution is 2.28. The predicted octanol–water partition coefficient (Wildman–Crippen LogP) is 4.46. The average molecular weight is 475 g/mol. The lowest BCUT2D eigenvalue weighted by Gasteiger charge is -2.22. The van der Waals surface area contributed by atoms with Crippen LogP contribution in [0.25, 0.3) is 0 Å². The van der Waals surface area contributed by atoms with Gasteiger partial charge in [0.2, 0.25) is 10.0 Å². The zero-order valence-electron chi connectivity index (χ0n) is 19.9. The number of carbonyl (C=O) groups is 1. The Morgan fingerprint density at radius 3 is 2.21 bits per heavy atom. The molecule has 1 unspecified atom stereocenters. The molecule has 0 bridgehead atoms. The summed E-state index contributed by atoms with van der Waals surface area (Å²) in [4.78, 5) is 13.4. The molecule has 180 valence electrons. The van der Waals surface area contributed by atoms with E-state index in [1.54, 1.807) is 13.2 Å². The highest BCUT2D eigenvalue weighted by molar-refractivity contribution is 7.89. The van der Waals surface area contributed by atoms with E-state index in [2.05, 4.69) is 5.32 Å². The summed E-state index contributed by atoms with van der Waals surface area (Å²) in [7, 11) is -0.586. The molecule has 1 N–H and O–H groups in total. The molecule has 2 aromatic carbocycles. The van der Waals surface area contributed by atoms with Gasteiger partial charge in [0, 0.05) is 13.1 Å². The highest BCUT2D eigenvalue weighted by atomic mass is 32.2. The topological polar surface area (TPSA) is 84.9 Å². The molecule has 1 saturated heterocycles. The molecule has 1 fully saturated rings. The quantitative estimate of drug-likeness (QED) is 0.611. The number of ether oxygens (including phenoxy) is 2. The first-order valence-corrected chi connectivity index (χ1v) is 12.9. The van der Waals surface area contributed by atoms with E-state index in [0.29, 0.717) is 25.3 Å². The van der Waals surface area contributed by atoms with E-state index in [0.717, 1.165) is 42.6 Å². The lowest BCUT2D eigenvalue weighted by molar-refractivity contribution is 0.0932. The van der Waals surface area contributed by atoms with E-state index in [1.165, 1.54) is 23.5 Å². The van der Waals surface area contributed by atoms with Crippen molar-refractivity contribution in [1.29, 1.82) is 0 Å². The van der Waals surface area contributed by atoms with Gasteiger partial charge in [0.05, 0.1) is 30.7 Å². The molecule has 7 nitrogen and oxygen atoms in total. The minimum atomic E-state index is -3.68. The maximum atomic E-state index is 13.3. The fourth-order valence-electron chi connectivity index (χ4n) is 4.23. The molecule has 1 aliphatic heterocycles. The maximum Gasteiger partial charge on any atom is 0.255 e. The minimum Gasteiger partial charge on any atom is -0.496 e. The third-order valence-corrected chi connectivity index (χ3v) is 8.05. The Bertz CT molecular complexity index is 1080. The lowest BCUT2D eigenvalue weighted by atomic mass is 10.0. The molecule has 0 spiro atoms. The fraction of sp³-hybridized carbons (Fsp3) is 0.480. The SMILES string of the molecule is CCC(NC(=O)c1cc(S(=O)(=O)N2CCCCCC2)ccc1OC)c1ccc(OC)c(C)c1. The zero-order valence-corrected chi connectivity index (χ0v) is 20.7. The van der Waals surface area contributed by atoms with Gasteiger partial charge in [-0.15, -0.1) is 0 Å². The number of aryl methyl sites for hydroxylation is 1. The second-order valence-electron chi connectivity index (χ2n) is 8.34. The van der Waals surface area contributed by atoms with Crippen LogP contribution in [0.1, 0.15) is 66.6 Å². The number of nitrogens with one attached hydrogen (secondary N) is 1. The Labute approximate surface area is 197 Å². The molecule has 1 atom stereocenters. The van der Waals surface area contributed by atoms with Crippen LogP contribution in [0.5, 0.6) is 11.5 Å². The number of nitrogens with zero attached hydrogens (tertiary/aromatic N) is 1. The largest absolute Gasteiger partial charge is 0.496 e. The van der Waals surface area contributed by atoms with Crippen molar-refractivity contribution in [1.82, 2.24) is 9.62 Å². The Balaban J connectivity index is 1.89. The van der Waals surface area contributed by atoms with Crippen molar-refractivity contribution in [2.75, 3.05) is 27.3 Å². The van der Waals surface area contributed by atoms with Crippen molar-refractivity contribution in [3.05, 3.63) is 53.1 Å². The van der Waals surface area contributed by atoms with Crippen LogP contribution < -0.4 is 14.8 Å². The second-order valence-corrected chi connectivity index (χ2v) is 10.3. The number of hydrogen-bond donors (Lipinski definition) is 1. The Morgan fingerprint density at radius 2 is 1.64 bits per heavy atom. The summed E-state index contributed by atoms with van der Waals surface area (Å²) in [6.45, 7) is 4.95. The summed E-state index contributed by atoms with van der Waals surface area (Å²) >= 11 is 0. The summed E-state index contributed by atoms with van der Waals surface area (Å²) in [5.41, 5.74) is 2.14. The van der Waals surface area contributed by atoms with E-state index >= 15 is 0 Å². The van der Waals surface area contributed by atoms with Crippen LogP contribution in [0, 0.1) is 6.92 Å². The lowest BCUT2D eigenvalue weighted by Crippen LogP contribution is -2.32. The van der Waals surface area contributed by atoms with Gasteiger partial charge in [-0.05, 0) is 61.6 Å². The standard InChI is InChI=1S/C25H34N2O5S/c1-5-22(19-10-12-23(31-3)18(2)16-19)26-25(28)21-17-20(11-13-24(21)32-4)33(29,30)27-14-8-6-7-9-15-27/h10-13,16-17,22H,5-9,14-15H2,1-4H3,(H,26,28). The first-order valence-electron chi connectivity index (χ1n) is 11.5. The van der Waals surface area contributed by atoms with Crippen LogP contribution in [-0.4, -0.2) is 45.9 Å². The van der Waals surface area contributed by atoms with Gasteiger partial charge in [0.15, 0.2) is 0 Å². The molecular weight excluding hydrogens is 440 g/mol. The molecule has 1 aliphatic rings. The number of amides is 1. The van der Waals surface area contributed by atoms with Gasteiger partial charge in [-0.25, -0.2) is 8.42 Å². The summed E-state index contributed by atoms with van der Waals surface area (Å²) in [6, 6.07) is 10.1. The van der Waals surface area contributed by atoms with Crippen LogP contribution in [0.3, 0.4) is 0 Å². The van der Waals surface area contributed by atoms with Crippen LogP contribution >= 0.6 is 0 Å². The van der Waals surface area contributed by atoms with Gasteiger partial charge in [-0.3, -0.25) is 4.79 Å². The molecule has 8 heteroatoms. The predicted molar refractivity (Wildman–Crippen MR) is 128 cm³/mol. The van der Waals surface area contributed by atoms with E-state index in [-0.39, 0.29) is 22.4 Å². The summed E-state index contributed by atoms with van der Waals surface area (Å²) in [6.07, 6.45) is 4.44. The average Bonchev–Trinajstić information content (AvgIpc) is 3.12. The van der Waals surface area contributed by atoms with Gasteiger partial charge >= 0.3 is 0 Å². The first-order chi connectivity index (χ1) is 15.8. The zero-order chi connectivity index (χ0) is 24.0. The van der Waals surface area contributed by atoms with E-state index in [9.17, 15) is 13.2 Å². The number of hydrogen-bond acceptors (Lipinski definition) is 5. The van der Waals surface area contributed by atoms with Gasteiger partial charge in [-0.1, -0.05) is 31.9 Å². The normalized spacial score (nSPS) is 16.0. The smallest absolute Gasteiger partial charge is 0.255 e. The van der Waals surface area contributed by atoms with E-state index in [4.69, 9.17) is 9.47 Å². The molecule has 1 amide bonds. The Kier molecular flexibility index (Phi) is 8.37. The van der Waals surface area contributed by atoms with Crippen LogP contribution in [0.15, 0.2) is 41.3 Å². The summed E-state index contributed by atoms with van der Waals surface area (Å²) in [5, 5.41) is 3.04. The van der Waals surface area contributed by atoms with Crippen molar-refractivity contribution < 1.29 is 22.7 Å². The molecular formula is C25H34N2O5S. The van der Waals surface area contributed by atoms with Gasteiger partial charge in [-0.2, -0.15) is 4.31 Å². The minimum absolute atomic E-state index is 0.115. The van der Waals surface area contributed by atoms with E-state index in [1.807, 2.05) is 32.0 Å². The number of benzene rings is 2. The van der Waals surface area contributed by atoms with Crippen molar-refractivity contribution in [2.45, 2.75) is 56.9 Å². The summed E-state index contributed by atoms with van der Waals surface area (Å²) in [5.74, 6) is 0.746. The molecule has 33 heavy (non-hydrogen) atoms. The molecule has 0 radical (unpaired) electrons. The number of methoxy groups -OCH3 is 2. The van der Waals surface area contributed by atoms with Gasteiger partial charge < -0.3 is 14.8 Å². The fourth-order valence-corrected chi connectivity index (χ4v) is 5.78. The van der Waals surface area contributed by atoms with Gasteiger partial charge in [0.25, 0.3) is 5.91 Å². The molecule has 0 aliphatic carbocycles. The van der Waals surface area contributed by atoms with Crippen molar-refractivity contribution in [2.24, 2.45) is 0 Å². The van der Waals surface area contributed by atoms with Crippen LogP contribution in [0.4, 0.5) is 0 Å². The molecule has 0 saturated carbocycles. The second kappa shape index (κ2) is 11.0. The third kappa shape index (κ3) is 5.68. The Morgan fingerprint density at radius 1 is 1.00 bits per heavy atom. The van der Waals surface area contributed by atoms with Crippen molar-refractivity contribution in [3.8, 4) is 11.5 Å². The number of carbonyl (C=O) groups excluding carboxylic acids is 1. The van der Waals surface area contributed by atoms with Crippen LogP contribution in [0.2, 0.25) is 0 Å². The summed E-state index contributed by atoms with van der Waals surface area (Å²) < 4.78 is 38.7. The third-order valence-electron chi connectivity index (χ3n) is 6.15. The number of rotatable bonds is 8. The molecule has 0 aromatic heterocycles. The van der Waals surface area contributed by atoms with Gasteiger partial charge in [0.1, 0.15) is 11.5 Å². The molecule has 2 aromatic rings. The number of sulfonamides is 1. The maximum absolute atomic E-state index is 13.3. The monoisotopic (exact) mass is 474 g/mol. The van der Waals surface area contributed by atoms with Crippen molar-refractivity contribution >= 4 is 15.9 Å². The van der Waals surface area contributed by atoms with Crippen LogP contribution in [-0.2, 0) is 10.0 Å². The Hall–Kier alpha value is -2.58. The molecule has 3 rings (SSSR count).